The highest BCUT2D eigenvalue weighted by molar-refractivity contribution is 7.10. The summed E-state index contributed by atoms with van der Waals surface area (Å²) in [4.78, 5) is 26.9. The Morgan fingerprint density at radius 3 is 2.83 bits per heavy atom. The molecule has 1 aromatic heterocycles. The number of anilines is 1. The van der Waals surface area contributed by atoms with Crippen molar-refractivity contribution in [2.75, 3.05) is 11.9 Å². The summed E-state index contributed by atoms with van der Waals surface area (Å²) in [6, 6.07) is 11.7. The van der Waals surface area contributed by atoms with E-state index >= 15 is 0 Å². The van der Waals surface area contributed by atoms with Crippen LogP contribution in [0.15, 0.2) is 41.8 Å². The molecule has 2 heterocycles. The highest BCUT2D eigenvalue weighted by atomic mass is 32.1. The molecule has 1 fully saturated rings. The molecule has 1 aliphatic heterocycles. The lowest BCUT2D eigenvalue weighted by Gasteiger charge is -2.26. The number of benzene rings is 1. The first-order valence-electron chi connectivity index (χ1n) is 8.37. The number of likely N-dealkylation sites (tertiary alicyclic amines) is 1. The summed E-state index contributed by atoms with van der Waals surface area (Å²) in [5.74, 6) is 0.0104. The van der Waals surface area contributed by atoms with Crippen LogP contribution in [0.3, 0.4) is 0 Å². The molecule has 3 rings (SSSR count). The van der Waals surface area contributed by atoms with Gasteiger partial charge in [0, 0.05) is 24.1 Å². The van der Waals surface area contributed by atoms with Crippen molar-refractivity contribution in [3.63, 3.8) is 0 Å². The molecule has 1 aromatic carbocycles. The Kier molecular flexibility index (Phi) is 5.11. The smallest absolute Gasteiger partial charge is 0.282 e. The zero-order chi connectivity index (χ0) is 17.1. The van der Waals surface area contributed by atoms with E-state index in [1.165, 1.54) is 16.7 Å². The van der Waals surface area contributed by atoms with E-state index in [-0.39, 0.29) is 17.7 Å². The van der Waals surface area contributed by atoms with Gasteiger partial charge in [-0.3, -0.25) is 9.59 Å². The second kappa shape index (κ2) is 7.28. The van der Waals surface area contributed by atoms with Crippen LogP contribution in [0.1, 0.15) is 48.0 Å². The Labute approximate surface area is 146 Å². The number of carbonyl (C=O) groups is 2. The lowest BCUT2D eigenvalue weighted by atomic mass is 10.1. The molecule has 0 radical (unpaired) electrons. The zero-order valence-corrected chi connectivity index (χ0v) is 14.9. The molecule has 0 saturated carbocycles. The molecular formula is C19H23N2O2S+. The number of rotatable bonds is 5. The number of quaternary nitrogens is 1. The average Bonchev–Trinajstić information content (AvgIpc) is 3.25. The maximum atomic E-state index is 12.7. The lowest BCUT2D eigenvalue weighted by Crippen LogP contribution is -3.15. The SMILES string of the molecule is CC(=O)c1cccc(NC(=O)[C@@H](C)[NH+]2CCC[C@@H]2c2cccs2)c1. The van der Waals surface area contributed by atoms with Gasteiger partial charge in [0.05, 0.1) is 11.4 Å². The Bertz CT molecular complexity index is 727. The number of ketones is 1. The molecule has 0 bridgehead atoms. The highest BCUT2D eigenvalue weighted by Crippen LogP contribution is 2.24. The number of nitrogens with one attached hydrogen (secondary N) is 2. The van der Waals surface area contributed by atoms with E-state index in [4.69, 9.17) is 0 Å². The lowest BCUT2D eigenvalue weighted by molar-refractivity contribution is -0.931. The third kappa shape index (κ3) is 3.57. The molecular weight excluding hydrogens is 320 g/mol. The van der Waals surface area contributed by atoms with Crippen molar-refractivity contribution in [2.24, 2.45) is 0 Å². The third-order valence-electron chi connectivity index (χ3n) is 4.78. The van der Waals surface area contributed by atoms with Crippen LogP contribution in [-0.2, 0) is 4.79 Å². The largest absolute Gasteiger partial charge is 0.321 e. The highest BCUT2D eigenvalue weighted by Gasteiger charge is 2.37. The Balaban J connectivity index is 1.70. The minimum absolute atomic E-state index is 0.00192. The fourth-order valence-electron chi connectivity index (χ4n) is 3.44. The van der Waals surface area contributed by atoms with E-state index in [2.05, 4.69) is 22.8 Å². The van der Waals surface area contributed by atoms with Gasteiger partial charge in [-0.05, 0) is 37.4 Å². The fourth-order valence-corrected chi connectivity index (χ4v) is 4.34. The van der Waals surface area contributed by atoms with Crippen molar-refractivity contribution in [2.45, 2.75) is 38.8 Å². The van der Waals surface area contributed by atoms with Crippen LogP contribution in [0, 0.1) is 0 Å². The Morgan fingerprint density at radius 2 is 2.12 bits per heavy atom. The first-order valence-corrected chi connectivity index (χ1v) is 9.25. The molecule has 2 N–H and O–H groups in total. The van der Waals surface area contributed by atoms with Gasteiger partial charge in [0.1, 0.15) is 6.04 Å². The van der Waals surface area contributed by atoms with Crippen molar-refractivity contribution in [3.8, 4) is 0 Å². The van der Waals surface area contributed by atoms with Crippen LogP contribution in [0.2, 0.25) is 0 Å². The van der Waals surface area contributed by atoms with Crippen LogP contribution >= 0.6 is 11.3 Å². The summed E-state index contributed by atoms with van der Waals surface area (Å²) in [7, 11) is 0. The molecule has 1 aliphatic rings. The van der Waals surface area contributed by atoms with Crippen LogP contribution in [0.5, 0.6) is 0 Å². The van der Waals surface area contributed by atoms with Gasteiger partial charge < -0.3 is 10.2 Å². The van der Waals surface area contributed by atoms with E-state index in [0.29, 0.717) is 17.3 Å². The number of carbonyl (C=O) groups excluding carboxylic acids is 2. The molecule has 4 nitrogen and oxygen atoms in total. The molecule has 1 unspecified atom stereocenters. The normalized spacial score (nSPS) is 21.4. The zero-order valence-electron chi connectivity index (χ0n) is 14.0. The van der Waals surface area contributed by atoms with Gasteiger partial charge in [-0.2, -0.15) is 0 Å². The van der Waals surface area contributed by atoms with E-state index in [0.717, 1.165) is 19.4 Å². The van der Waals surface area contributed by atoms with E-state index < -0.39 is 0 Å². The van der Waals surface area contributed by atoms with Gasteiger partial charge >= 0.3 is 0 Å². The fraction of sp³-hybridized carbons (Fsp3) is 0.368. The molecule has 1 saturated heterocycles. The second-order valence-corrected chi connectivity index (χ2v) is 7.36. The van der Waals surface area contributed by atoms with E-state index in [1.807, 2.05) is 13.0 Å². The van der Waals surface area contributed by atoms with Gasteiger partial charge in [0.25, 0.3) is 5.91 Å². The number of thiophene rings is 1. The van der Waals surface area contributed by atoms with Crippen molar-refractivity contribution >= 4 is 28.7 Å². The topological polar surface area (TPSA) is 50.6 Å². The van der Waals surface area contributed by atoms with E-state index in [1.54, 1.807) is 29.5 Å². The maximum absolute atomic E-state index is 12.7. The number of hydrogen-bond acceptors (Lipinski definition) is 3. The summed E-state index contributed by atoms with van der Waals surface area (Å²) < 4.78 is 0. The summed E-state index contributed by atoms with van der Waals surface area (Å²) >= 11 is 1.77. The molecule has 1 amide bonds. The van der Waals surface area contributed by atoms with Gasteiger partial charge in [0.2, 0.25) is 0 Å². The van der Waals surface area contributed by atoms with Crippen molar-refractivity contribution in [1.29, 1.82) is 0 Å². The summed E-state index contributed by atoms with van der Waals surface area (Å²) in [5.41, 5.74) is 1.30. The van der Waals surface area contributed by atoms with Crippen LogP contribution < -0.4 is 10.2 Å². The van der Waals surface area contributed by atoms with Crippen molar-refractivity contribution in [3.05, 3.63) is 52.2 Å². The molecule has 2 aromatic rings. The van der Waals surface area contributed by atoms with Crippen molar-refractivity contribution < 1.29 is 14.5 Å². The number of Topliss-reactive ketones (excluding diaryl/α,β-unsaturated/α-hetero) is 1. The van der Waals surface area contributed by atoms with Gasteiger partial charge in [-0.25, -0.2) is 0 Å². The second-order valence-electron chi connectivity index (χ2n) is 6.38. The van der Waals surface area contributed by atoms with Gasteiger partial charge in [-0.15, -0.1) is 11.3 Å². The first kappa shape index (κ1) is 16.9. The molecule has 126 valence electrons. The third-order valence-corrected chi connectivity index (χ3v) is 5.76. The van der Waals surface area contributed by atoms with Gasteiger partial charge in [0.15, 0.2) is 11.8 Å². The first-order chi connectivity index (χ1) is 11.6. The van der Waals surface area contributed by atoms with Crippen LogP contribution in [-0.4, -0.2) is 24.3 Å². The van der Waals surface area contributed by atoms with Gasteiger partial charge in [-0.1, -0.05) is 18.2 Å². The summed E-state index contributed by atoms with van der Waals surface area (Å²) in [6.07, 6.45) is 2.28. The monoisotopic (exact) mass is 343 g/mol. The quantitative estimate of drug-likeness (QED) is 0.820. The molecule has 5 heteroatoms. The minimum Gasteiger partial charge on any atom is -0.321 e. The predicted molar refractivity (Wildman–Crippen MR) is 96.7 cm³/mol. The van der Waals surface area contributed by atoms with Crippen LogP contribution in [0.4, 0.5) is 5.69 Å². The number of hydrogen-bond donors (Lipinski definition) is 2. The average molecular weight is 343 g/mol. The van der Waals surface area contributed by atoms with Crippen molar-refractivity contribution in [1.82, 2.24) is 0 Å². The number of amides is 1. The molecule has 0 spiro atoms. The Hall–Kier alpha value is -1.98. The molecule has 0 aliphatic carbocycles. The summed E-state index contributed by atoms with van der Waals surface area (Å²) in [6.45, 7) is 4.54. The summed E-state index contributed by atoms with van der Waals surface area (Å²) in [5, 5.41) is 5.07. The minimum atomic E-state index is -0.124. The standard InChI is InChI=1S/C19H22N2O2S/c1-13(21-10-4-8-17(21)18-9-5-11-24-18)19(23)20-16-7-3-6-15(12-16)14(2)22/h3,5-7,9,11-13,17H,4,8,10H2,1-2H3,(H,20,23)/p+1/t13-,17-/m1/s1. The maximum Gasteiger partial charge on any atom is 0.282 e. The molecule has 3 atom stereocenters. The predicted octanol–water partition coefficient (Wildman–Crippen LogP) is 2.70. The molecule has 24 heavy (non-hydrogen) atoms. The Morgan fingerprint density at radius 1 is 1.29 bits per heavy atom. The van der Waals surface area contributed by atoms with E-state index in [9.17, 15) is 9.59 Å². The van der Waals surface area contributed by atoms with Crippen LogP contribution in [0.25, 0.3) is 0 Å².